The van der Waals surface area contributed by atoms with Gasteiger partial charge in [0.15, 0.2) is 0 Å². The number of rotatable bonds is 4. The number of aromatic nitrogens is 1. The number of anilines is 1. The predicted molar refractivity (Wildman–Crippen MR) is 65.8 cm³/mol. The second kappa shape index (κ2) is 5.83. The number of H-pyrrole nitrogens is 1. The SMILES string of the molecule is CCOC(=O)c1c(N)[nH]c(=O)c(Br)c1COC. The van der Waals surface area contributed by atoms with E-state index in [4.69, 9.17) is 15.2 Å². The van der Waals surface area contributed by atoms with Gasteiger partial charge in [-0.25, -0.2) is 4.79 Å². The number of aromatic amines is 1. The van der Waals surface area contributed by atoms with E-state index in [-0.39, 0.29) is 29.1 Å². The molecule has 1 rings (SSSR count). The van der Waals surface area contributed by atoms with Gasteiger partial charge in [-0.3, -0.25) is 4.79 Å². The number of methoxy groups -OCH3 is 1. The molecule has 17 heavy (non-hydrogen) atoms. The second-order valence-corrected chi connectivity index (χ2v) is 3.98. The molecule has 0 unspecified atom stereocenters. The Hall–Kier alpha value is -1.34. The van der Waals surface area contributed by atoms with E-state index in [1.807, 2.05) is 0 Å². The van der Waals surface area contributed by atoms with E-state index in [9.17, 15) is 9.59 Å². The van der Waals surface area contributed by atoms with Crippen molar-refractivity contribution in [3.8, 4) is 0 Å². The lowest BCUT2D eigenvalue weighted by Gasteiger charge is -2.11. The molecule has 3 N–H and O–H groups in total. The van der Waals surface area contributed by atoms with Gasteiger partial charge in [-0.1, -0.05) is 0 Å². The van der Waals surface area contributed by atoms with Gasteiger partial charge < -0.3 is 20.2 Å². The first-order valence-electron chi connectivity index (χ1n) is 4.89. The van der Waals surface area contributed by atoms with Crippen LogP contribution < -0.4 is 11.3 Å². The maximum atomic E-state index is 11.7. The third-order valence-corrected chi connectivity index (χ3v) is 2.89. The minimum absolute atomic E-state index is 0.0244. The number of carbonyl (C=O) groups excluding carboxylic acids is 1. The molecule has 7 heteroatoms. The molecule has 1 heterocycles. The van der Waals surface area contributed by atoms with Crippen molar-refractivity contribution in [2.75, 3.05) is 19.5 Å². The summed E-state index contributed by atoms with van der Waals surface area (Å²) in [4.78, 5) is 25.6. The first kappa shape index (κ1) is 13.7. The van der Waals surface area contributed by atoms with Crippen molar-refractivity contribution in [2.24, 2.45) is 0 Å². The van der Waals surface area contributed by atoms with Crippen LogP contribution in [0.5, 0.6) is 0 Å². The van der Waals surface area contributed by atoms with Gasteiger partial charge in [0, 0.05) is 12.7 Å². The van der Waals surface area contributed by atoms with Crippen LogP contribution in [0.1, 0.15) is 22.8 Å². The third-order valence-electron chi connectivity index (χ3n) is 2.05. The molecule has 0 aliphatic heterocycles. The van der Waals surface area contributed by atoms with E-state index >= 15 is 0 Å². The van der Waals surface area contributed by atoms with Crippen molar-refractivity contribution in [2.45, 2.75) is 13.5 Å². The van der Waals surface area contributed by atoms with Crippen LogP contribution in [0.3, 0.4) is 0 Å². The summed E-state index contributed by atoms with van der Waals surface area (Å²) < 4.78 is 10.0. The molecular formula is C10H13BrN2O4. The minimum Gasteiger partial charge on any atom is -0.462 e. The van der Waals surface area contributed by atoms with Crippen molar-refractivity contribution in [3.63, 3.8) is 0 Å². The Labute approximate surface area is 106 Å². The molecule has 1 aromatic heterocycles. The molecule has 0 aliphatic carbocycles. The highest BCUT2D eigenvalue weighted by molar-refractivity contribution is 9.10. The molecule has 0 bridgehead atoms. The third kappa shape index (κ3) is 2.86. The molecule has 0 aliphatic rings. The summed E-state index contributed by atoms with van der Waals surface area (Å²) in [5.41, 5.74) is 5.71. The van der Waals surface area contributed by atoms with E-state index in [1.54, 1.807) is 6.92 Å². The van der Waals surface area contributed by atoms with E-state index in [1.165, 1.54) is 7.11 Å². The summed E-state index contributed by atoms with van der Waals surface area (Å²) in [5, 5.41) is 0. The summed E-state index contributed by atoms with van der Waals surface area (Å²) in [5.74, 6) is -0.613. The average molecular weight is 305 g/mol. The first-order chi connectivity index (χ1) is 8.02. The smallest absolute Gasteiger partial charge is 0.342 e. The maximum Gasteiger partial charge on any atom is 0.342 e. The van der Waals surface area contributed by atoms with Crippen molar-refractivity contribution >= 4 is 27.7 Å². The van der Waals surface area contributed by atoms with Crippen LogP contribution in [0.4, 0.5) is 5.82 Å². The molecular weight excluding hydrogens is 292 g/mol. The summed E-state index contributed by atoms with van der Waals surface area (Å²) >= 11 is 3.10. The Morgan fingerprint density at radius 3 is 2.71 bits per heavy atom. The molecule has 0 aromatic carbocycles. The summed E-state index contributed by atoms with van der Waals surface area (Å²) in [6.45, 7) is 2.00. The number of nitrogens with two attached hydrogens (primary N) is 1. The number of esters is 1. The van der Waals surface area contributed by atoms with Gasteiger partial charge in [-0.05, 0) is 22.9 Å². The maximum absolute atomic E-state index is 11.7. The number of nitrogen functional groups attached to an aromatic ring is 1. The highest BCUT2D eigenvalue weighted by Gasteiger charge is 2.21. The molecule has 0 spiro atoms. The van der Waals surface area contributed by atoms with Gasteiger partial charge in [-0.15, -0.1) is 0 Å². The van der Waals surface area contributed by atoms with Crippen molar-refractivity contribution in [3.05, 3.63) is 26.0 Å². The number of hydrogen-bond donors (Lipinski definition) is 2. The molecule has 0 atom stereocenters. The normalized spacial score (nSPS) is 10.3. The highest BCUT2D eigenvalue weighted by atomic mass is 79.9. The molecule has 0 amide bonds. The topological polar surface area (TPSA) is 94.4 Å². The van der Waals surface area contributed by atoms with Gasteiger partial charge in [0.25, 0.3) is 5.56 Å². The van der Waals surface area contributed by atoms with Gasteiger partial charge in [0.2, 0.25) is 0 Å². The number of halogens is 1. The van der Waals surface area contributed by atoms with Crippen molar-refractivity contribution in [1.82, 2.24) is 4.98 Å². The lowest BCUT2D eigenvalue weighted by atomic mass is 10.1. The molecule has 1 aromatic rings. The zero-order valence-electron chi connectivity index (χ0n) is 9.50. The standard InChI is InChI=1S/C10H13BrN2O4/c1-3-17-10(15)6-5(4-16-2)7(11)9(14)13-8(6)12/h3-4H2,1-2H3,(H3,12,13,14). The van der Waals surface area contributed by atoms with Crippen LogP contribution in [-0.2, 0) is 16.1 Å². The van der Waals surface area contributed by atoms with Crippen LogP contribution in [0.2, 0.25) is 0 Å². The summed E-state index contributed by atoms with van der Waals surface area (Å²) in [7, 11) is 1.46. The van der Waals surface area contributed by atoms with Gasteiger partial charge in [0.05, 0.1) is 17.7 Å². The lowest BCUT2D eigenvalue weighted by molar-refractivity contribution is 0.0522. The van der Waals surface area contributed by atoms with Gasteiger partial charge in [0.1, 0.15) is 11.4 Å². The second-order valence-electron chi connectivity index (χ2n) is 3.19. The Bertz CT molecular complexity index is 484. The molecule has 0 fully saturated rings. The first-order valence-corrected chi connectivity index (χ1v) is 5.68. The fourth-order valence-electron chi connectivity index (χ4n) is 1.37. The lowest BCUT2D eigenvalue weighted by Crippen LogP contribution is -2.20. The van der Waals surface area contributed by atoms with E-state index in [2.05, 4.69) is 20.9 Å². The minimum atomic E-state index is -0.589. The number of ether oxygens (including phenoxy) is 2. The Morgan fingerprint density at radius 1 is 1.53 bits per heavy atom. The Morgan fingerprint density at radius 2 is 2.18 bits per heavy atom. The van der Waals surface area contributed by atoms with Gasteiger partial charge >= 0.3 is 5.97 Å². The predicted octanol–water partition coefficient (Wildman–Crippen LogP) is 1.04. The van der Waals surface area contributed by atoms with Crippen LogP contribution >= 0.6 is 15.9 Å². The molecule has 0 saturated carbocycles. The molecule has 94 valence electrons. The van der Waals surface area contributed by atoms with Crippen LogP contribution in [0, 0.1) is 0 Å². The Kier molecular flexibility index (Phi) is 4.71. The largest absolute Gasteiger partial charge is 0.462 e. The van der Waals surface area contributed by atoms with Crippen molar-refractivity contribution < 1.29 is 14.3 Å². The zero-order chi connectivity index (χ0) is 13.0. The van der Waals surface area contributed by atoms with Crippen LogP contribution in [0.15, 0.2) is 9.27 Å². The van der Waals surface area contributed by atoms with E-state index in [0.717, 1.165) is 0 Å². The highest BCUT2D eigenvalue weighted by Crippen LogP contribution is 2.22. The van der Waals surface area contributed by atoms with Crippen LogP contribution in [-0.4, -0.2) is 24.7 Å². The summed E-state index contributed by atoms with van der Waals surface area (Å²) in [6.07, 6.45) is 0. The van der Waals surface area contributed by atoms with Gasteiger partial charge in [-0.2, -0.15) is 0 Å². The molecule has 0 saturated heterocycles. The number of carbonyl (C=O) groups is 1. The quantitative estimate of drug-likeness (QED) is 0.811. The number of nitrogens with one attached hydrogen (secondary N) is 1. The Balaban J connectivity index is 3.40. The monoisotopic (exact) mass is 304 g/mol. The van der Waals surface area contributed by atoms with E-state index < -0.39 is 11.5 Å². The van der Waals surface area contributed by atoms with Crippen LogP contribution in [0.25, 0.3) is 0 Å². The molecule has 0 radical (unpaired) electrons. The number of pyridine rings is 1. The fourth-order valence-corrected chi connectivity index (χ4v) is 1.78. The fraction of sp³-hybridized carbons (Fsp3) is 0.400. The molecule has 6 nitrogen and oxygen atoms in total. The number of hydrogen-bond acceptors (Lipinski definition) is 5. The van der Waals surface area contributed by atoms with Crippen molar-refractivity contribution in [1.29, 1.82) is 0 Å². The summed E-state index contributed by atoms with van der Waals surface area (Å²) in [6, 6.07) is 0. The average Bonchev–Trinajstić information content (AvgIpc) is 2.26. The van der Waals surface area contributed by atoms with E-state index in [0.29, 0.717) is 5.56 Å². The zero-order valence-corrected chi connectivity index (χ0v) is 11.1.